The normalized spacial score (nSPS) is 10.3. The first kappa shape index (κ1) is 25.9. The number of nitrogens with zero attached hydrogens (tertiary/aromatic N) is 2. The second-order valence-corrected chi connectivity index (χ2v) is 8.84. The van der Waals surface area contributed by atoms with Crippen molar-refractivity contribution < 1.29 is 33.3 Å². The second kappa shape index (κ2) is 12.1. The zero-order valence-corrected chi connectivity index (χ0v) is 21.3. The van der Waals surface area contributed by atoms with Crippen molar-refractivity contribution >= 4 is 45.7 Å². The lowest BCUT2D eigenvalue weighted by Crippen LogP contribution is -2.14. The first-order valence-corrected chi connectivity index (χ1v) is 11.8. The van der Waals surface area contributed by atoms with Crippen LogP contribution in [0.5, 0.6) is 28.7 Å². The maximum Gasteiger partial charge on any atom is 0.257 e. The van der Waals surface area contributed by atoms with Crippen LogP contribution in [0.4, 0.5) is 10.8 Å². The maximum atomic E-state index is 12.7. The number of benzene rings is 2. The fraction of sp³-hybridized carbons (Fsp3) is 0.273. The van der Waals surface area contributed by atoms with Gasteiger partial charge in [-0.05, 0) is 24.3 Å². The van der Waals surface area contributed by atoms with Crippen LogP contribution >= 0.6 is 23.1 Å². The van der Waals surface area contributed by atoms with Crippen LogP contribution in [0.1, 0.15) is 10.4 Å². The number of hydrogen-bond acceptors (Lipinski definition) is 11. The van der Waals surface area contributed by atoms with E-state index in [1.54, 1.807) is 18.2 Å². The number of hydrogen-bond donors (Lipinski definition) is 2. The minimum absolute atomic E-state index is 0.0792. The summed E-state index contributed by atoms with van der Waals surface area (Å²) in [5, 5.41) is 13.7. The zero-order chi connectivity index (χ0) is 25.4. The molecule has 2 amide bonds. The Balaban J connectivity index is 1.61. The first-order valence-electron chi connectivity index (χ1n) is 10.0. The van der Waals surface area contributed by atoms with Gasteiger partial charge in [0.2, 0.25) is 16.8 Å². The largest absolute Gasteiger partial charge is 0.497 e. The Labute approximate surface area is 210 Å². The van der Waals surface area contributed by atoms with Crippen LogP contribution in [0, 0.1) is 0 Å². The Kier molecular flexibility index (Phi) is 8.98. The number of nitrogens with one attached hydrogen (secondary N) is 2. The van der Waals surface area contributed by atoms with Gasteiger partial charge >= 0.3 is 0 Å². The molecule has 0 fully saturated rings. The van der Waals surface area contributed by atoms with Crippen LogP contribution in [0.3, 0.4) is 0 Å². The minimum atomic E-state index is -0.431. The maximum absolute atomic E-state index is 12.7. The van der Waals surface area contributed by atoms with Gasteiger partial charge in [-0.3, -0.25) is 14.9 Å². The number of methoxy groups -OCH3 is 5. The van der Waals surface area contributed by atoms with E-state index in [4.69, 9.17) is 23.7 Å². The molecule has 2 N–H and O–H groups in total. The van der Waals surface area contributed by atoms with Crippen LogP contribution < -0.4 is 34.3 Å². The molecular weight excluding hydrogens is 496 g/mol. The van der Waals surface area contributed by atoms with Crippen LogP contribution in [0.25, 0.3) is 0 Å². The van der Waals surface area contributed by atoms with Crippen LogP contribution in [-0.4, -0.2) is 63.3 Å². The molecule has 186 valence electrons. The van der Waals surface area contributed by atoms with E-state index in [9.17, 15) is 9.59 Å². The van der Waals surface area contributed by atoms with Gasteiger partial charge in [-0.15, -0.1) is 10.2 Å². The van der Waals surface area contributed by atoms with E-state index in [1.165, 1.54) is 59.4 Å². The van der Waals surface area contributed by atoms with E-state index >= 15 is 0 Å². The number of ether oxygens (including phenoxy) is 5. The molecule has 0 saturated heterocycles. The summed E-state index contributed by atoms with van der Waals surface area (Å²) in [6.45, 7) is 0. The molecule has 35 heavy (non-hydrogen) atoms. The van der Waals surface area contributed by atoms with Gasteiger partial charge in [-0.2, -0.15) is 0 Å². The van der Waals surface area contributed by atoms with Crippen molar-refractivity contribution in [3.63, 3.8) is 0 Å². The third-order valence-electron chi connectivity index (χ3n) is 4.56. The topological polar surface area (TPSA) is 130 Å². The highest BCUT2D eigenvalue weighted by molar-refractivity contribution is 8.01. The molecule has 0 saturated carbocycles. The number of rotatable bonds is 11. The molecule has 0 bridgehead atoms. The number of aromatic nitrogens is 2. The third kappa shape index (κ3) is 6.45. The van der Waals surface area contributed by atoms with E-state index in [0.29, 0.717) is 38.8 Å². The van der Waals surface area contributed by atoms with Gasteiger partial charge in [-0.1, -0.05) is 23.1 Å². The molecule has 11 nitrogen and oxygen atoms in total. The molecular formula is C22H24N4O7S2. The summed E-state index contributed by atoms with van der Waals surface area (Å²) in [6, 6.07) is 8.17. The van der Waals surface area contributed by atoms with Crippen LogP contribution in [0.2, 0.25) is 0 Å². The van der Waals surface area contributed by atoms with Crippen molar-refractivity contribution in [1.82, 2.24) is 10.2 Å². The SMILES string of the molecule is COc1ccc(OC)c(NC(=O)CSc2nnc(NC(=O)c3cc(OC)c(OC)c(OC)c3)s2)c1. The Bertz CT molecular complexity index is 1180. The van der Waals surface area contributed by atoms with Crippen molar-refractivity contribution in [2.75, 3.05) is 51.9 Å². The molecule has 13 heteroatoms. The summed E-state index contributed by atoms with van der Waals surface area (Å²) in [4.78, 5) is 25.1. The van der Waals surface area contributed by atoms with Crippen molar-refractivity contribution in [1.29, 1.82) is 0 Å². The molecule has 0 atom stereocenters. The lowest BCUT2D eigenvalue weighted by molar-refractivity contribution is -0.113. The molecule has 0 spiro atoms. The van der Waals surface area contributed by atoms with E-state index < -0.39 is 5.91 Å². The monoisotopic (exact) mass is 520 g/mol. The number of carbonyl (C=O) groups is 2. The quantitative estimate of drug-likeness (QED) is 0.286. The number of thioether (sulfide) groups is 1. The lowest BCUT2D eigenvalue weighted by atomic mass is 10.1. The fourth-order valence-corrected chi connectivity index (χ4v) is 4.47. The molecule has 2 aromatic carbocycles. The van der Waals surface area contributed by atoms with Crippen LogP contribution in [0.15, 0.2) is 34.7 Å². The summed E-state index contributed by atoms with van der Waals surface area (Å²) in [5.74, 6) is 1.57. The van der Waals surface area contributed by atoms with E-state index in [2.05, 4.69) is 20.8 Å². The van der Waals surface area contributed by atoms with E-state index in [1.807, 2.05) is 0 Å². The average Bonchev–Trinajstić information content (AvgIpc) is 3.33. The Morgan fingerprint density at radius 1 is 0.857 bits per heavy atom. The molecule has 0 unspecified atom stereocenters. The Hall–Kier alpha value is -3.71. The van der Waals surface area contributed by atoms with Gasteiger partial charge in [0.25, 0.3) is 5.91 Å². The van der Waals surface area contributed by atoms with Crippen molar-refractivity contribution in [3.8, 4) is 28.7 Å². The van der Waals surface area contributed by atoms with Gasteiger partial charge in [0.15, 0.2) is 15.8 Å². The van der Waals surface area contributed by atoms with Crippen molar-refractivity contribution in [2.24, 2.45) is 0 Å². The lowest BCUT2D eigenvalue weighted by Gasteiger charge is -2.13. The smallest absolute Gasteiger partial charge is 0.257 e. The highest BCUT2D eigenvalue weighted by Gasteiger charge is 2.18. The first-order chi connectivity index (χ1) is 16.9. The average molecular weight is 521 g/mol. The number of anilines is 2. The summed E-state index contributed by atoms with van der Waals surface area (Å²) in [6.07, 6.45) is 0. The molecule has 3 rings (SSSR count). The van der Waals surface area contributed by atoms with Crippen molar-refractivity contribution in [2.45, 2.75) is 4.34 Å². The van der Waals surface area contributed by atoms with Gasteiger partial charge in [0.1, 0.15) is 11.5 Å². The number of amides is 2. The standard InChI is InChI=1S/C22H24N4O7S2/c1-29-13-6-7-15(30-2)14(10-13)23-18(27)11-34-22-26-25-21(35-22)24-20(28)12-8-16(31-3)19(33-5)17(9-12)32-4/h6-10H,11H2,1-5H3,(H,23,27)(H,24,25,28). The van der Waals surface area contributed by atoms with Crippen molar-refractivity contribution in [3.05, 3.63) is 35.9 Å². The van der Waals surface area contributed by atoms with Crippen LogP contribution in [-0.2, 0) is 4.79 Å². The highest BCUT2D eigenvalue weighted by Crippen LogP contribution is 2.38. The zero-order valence-electron chi connectivity index (χ0n) is 19.7. The van der Waals surface area contributed by atoms with E-state index in [0.717, 1.165) is 11.3 Å². The molecule has 3 aromatic rings. The number of carbonyl (C=O) groups excluding carboxylic acids is 2. The minimum Gasteiger partial charge on any atom is -0.497 e. The summed E-state index contributed by atoms with van der Waals surface area (Å²) >= 11 is 2.33. The molecule has 0 aliphatic heterocycles. The molecule has 1 aromatic heterocycles. The predicted molar refractivity (Wildman–Crippen MR) is 133 cm³/mol. The van der Waals surface area contributed by atoms with Gasteiger partial charge in [-0.25, -0.2) is 0 Å². The van der Waals surface area contributed by atoms with Gasteiger partial charge in [0.05, 0.1) is 47.0 Å². The molecule has 0 aliphatic carbocycles. The summed E-state index contributed by atoms with van der Waals surface area (Å²) < 4.78 is 26.8. The Morgan fingerprint density at radius 2 is 1.54 bits per heavy atom. The molecule has 0 aliphatic rings. The van der Waals surface area contributed by atoms with E-state index in [-0.39, 0.29) is 22.4 Å². The predicted octanol–water partition coefficient (Wildman–Crippen LogP) is 3.56. The van der Waals surface area contributed by atoms with Gasteiger partial charge < -0.3 is 29.0 Å². The third-order valence-corrected chi connectivity index (χ3v) is 6.53. The Morgan fingerprint density at radius 3 is 2.14 bits per heavy atom. The summed E-state index contributed by atoms with van der Waals surface area (Å²) in [7, 11) is 7.47. The second-order valence-electron chi connectivity index (χ2n) is 6.64. The fourth-order valence-electron chi connectivity index (χ4n) is 2.93. The molecule has 0 radical (unpaired) electrons. The summed E-state index contributed by atoms with van der Waals surface area (Å²) in [5.41, 5.74) is 0.781. The highest BCUT2D eigenvalue weighted by atomic mass is 32.2. The van der Waals surface area contributed by atoms with Gasteiger partial charge in [0, 0.05) is 11.6 Å². The molecule has 1 heterocycles.